The Bertz CT molecular complexity index is 703. The Kier molecular flexibility index (Phi) is 5.84. The zero-order chi connectivity index (χ0) is 16.3. The van der Waals surface area contributed by atoms with Crippen molar-refractivity contribution in [2.75, 3.05) is 5.32 Å². The van der Waals surface area contributed by atoms with Gasteiger partial charge in [0.1, 0.15) is 0 Å². The first-order valence-electron chi connectivity index (χ1n) is 6.96. The number of anilines is 1. The zero-order valence-corrected chi connectivity index (χ0v) is 15.9. The molecule has 2 aromatic carbocycles. The van der Waals surface area contributed by atoms with E-state index < -0.39 is 0 Å². The molecule has 0 saturated heterocycles. The second-order valence-electron chi connectivity index (χ2n) is 5.31. The van der Waals surface area contributed by atoms with Crippen LogP contribution in [-0.2, 0) is 0 Å². The lowest BCUT2D eigenvalue weighted by Crippen LogP contribution is -2.31. The Morgan fingerprint density at radius 2 is 1.91 bits per heavy atom. The van der Waals surface area contributed by atoms with Gasteiger partial charge in [-0.05, 0) is 78.2 Å². The maximum atomic E-state index is 6.09. The molecule has 0 aliphatic carbocycles. The van der Waals surface area contributed by atoms with Crippen molar-refractivity contribution in [3.05, 3.63) is 62.6 Å². The second-order valence-corrected chi connectivity index (χ2v) is 6.98. The minimum atomic E-state index is 0.130. The summed E-state index contributed by atoms with van der Waals surface area (Å²) in [4.78, 5) is 0. The lowest BCUT2D eigenvalue weighted by Gasteiger charge is -2.20. The molecule has 0 heterocycles. The molecule has 0 fully saturated rings. The van der Waals surface area contributed by atoms with E-state index in [0.29, 0.717) is 10.1 Å². The average molecular weight is 398 g/mol. The van der Waals surface area contributed by atoms with Crippen LogP contribution in [0.2, 0.25) is 5.02 Å². The Morgan fingerprint density at radius 3 is 2.59 bits per heavy atom. The summed E-state index contributed by atoms with van der Waals surface area (Å²) < 4.78 is 0.863. The number of benzene rings is 2. The highest BCUT2D eigenvalue weighted by molar-refractivity contribution is 9.10. The Balaban J connectivity index is 2.05. The van der Waals surface area contributed by atoms with Crippen LogP contribution in [-0.4, -0.2) is 5.11 Å². The van der Waals surface area contributed by atoms with E-state index in [4.69, 9.17) is 23.8 Å². The number of halogens is 2. The van der Waals surface area contributed by atoms with Crippen LogP contribution in [0.4, 0.5) is 5.69 Å². The van der Waals surface area contributed by atoms with Crippen molar-refractivity contribution < 1.29 is 0 Å². The van der Waals surface area contributed by atoms with E-state index in [-0.39, 0.29) is 6.04 Å². The third-order valence-corrected chi connectivity index (χ3v) is 4.88. The Labute approximate surface area is 150 Å². The molecule has 0 aromatic heterocycles. The van der Waals surface area contributed by atoms with Gasteiger partial charge in [0.2, 0.25) is 0 Å². The molecule has 5 heteroatoms. The molecule has 0 aliphatic heterocycles. The van der Waals surface area contributed by atoms with E-state index in [1.807, 2.05) is 18.2 Å². The summed E-state index contributed by atoms with van der Waals surface area (Å²) in [5.41, 5.74) is 4.60. The topological polar surface area (TPSA) is 24.1 Å². The van der Waals surface area contributed by atoms with Gasteiger partial charge in [0.05, 0.1) is 11.1 Å². The van der Waals surface area contributed by atoms with Gasteiger partial charge in [-0.3, -0.25) is 0 Å². The molecule has 0 unspecified atom stereocenters. The van der Waals surface area contributed by atoms with Gasteiger partial charge in [-0.1, -0.05) is 35.4 Å². The Morgan fingerprint density at radius 1 is 1.18 bits per heavy atom. The fourth-order valence-electron chi connectivity index (χ4n) is 2.24. The fraction of sp³-hybridized carbons (Fsp3) is 0.235. The number of aryl methyl sites for hydroxylation is 2. The van der Waals surface area contributed by atoms with Gasteiger partial charge in [0, 0.05) is 10.2 Å². The molecular formula is C17H18BrClN2S. The number of nitrogens with one attached hydrogen (secondary N) is 2. The lowest BCUT2D eigenvalue weighted by atomic mass is 10.0. The SMILES string of the molecule is Cc1ccc(C)c([C@@H](C)NC(=S)Nc2ccc(Br)c(Cl)c2)c1. The lowest BCUT2D eigenvalue weighted by molar-refractivity contribution is 0.716. The summed E-state index contributed by atoms with van der Waals surface area (Å²) >= 11 is 14.8. The number of hydrogen-bond donors (Lipinski definition) is 2. The highest BCUT2D eigenvalue weighted by atomic mass is 79.9. The molecule has 116 valence electrons. The first-order chi connectivity index (χ1) is 10.4. The van der Waals surface area contributed by atoms with Crippen molar-refractivity contribution in [3.63, 3.8) is 0 Å². The maximum Gasteiger partial charge on any atom is 0.171 e. The van der Waals surface area contributed by atoms with Crippen LogP contribution in [0.1, 0.15) is 29.7 Å². The van der Waals surface area contributed by atoms with Crippen molar-refractivity contribution in [3.8, 4) is 0 Å². The van der Waals surface area contributed by atoms with Gasteiger partial charge >= 0.3 is 0 Å². The summed E-state index contributed by atoms with van der Waals surface area (Å²) in [6.45, 7) is 6.30. The molecule has 2 N–H and O–H groups in total. The van der Waals surface area contributed by atoms with Crippen LogP contribution in [0.5, 0.6) is 0 Å². The van der Waals surface area contributed by atoms with E-state index in [0.717, 1.165) is 10.2 Å². The molecule has 0 bridgehead atoms. The number of hydrogen-bond acceptors (Lipinski definition) is 1. The molecule has 0 saturated carbocycles. The molecule has 1 atom stereocenters. The summed E-state index contributed by atoms with van der Waals surface area (Å²) in [6.07, 6.45) is 0. The third-order valence-electron chi connectivity index (χ3n) is 3.43. The number of rotatable bonds is 3. The van der Waals surface area contributed by atoms with Crippen LogP contribution in [0, 0.1) is 13.8 Å². The molecule has 0 aliphatic rings. The molecule has 2 nitrogen and oxygen atoms in total. The van der Waals surface area contributed by atoms with Crippen molar-refractivity contribution in [2.24, 2.45) is 0 Å². The van der Waals surface area contributed by atoms with E-state index in [2.05, 4.69) is 65.5 Å². The van der Waals surface area contributed by atoms with E-state index in [1.165, 1.54) is 16.7 Å². The van der Waals surface area contributed by atoms with Gasteiger partial charge in [-0.15, -0.1) is 0 Å². The first-order valence-corrected chi connectivity index (χ1v) is 8.54. The van der Waals surface area contributed by atoms with Gasteiger partial charge in [-0.2, -0.15) is 0 Å². The van der Waals surface area contributed by atoms with Gasteiger partial charge < -0.3 is 10.6 Å². The van der Waals surface area contributed by atoms with Gasteiger partial charge in [0.15, 0.2) is 5.11 Å². The average Bonchev–Trinajstić information content (AvgIpc) is 2.45. The molecule has 0 amide bonds. The van der Waals surface area contributed by atoms with Crippen molar-refractivity contribution in [2.45, 2.75) is 26.8 Å². The quantitative estimate of drug-likeness (QED) is 0.643. The van der Waals surface area contributed by atoms with Gasteiger partial charge in [-0.25, -0.2) is 0 Å². The zero-order valence-electron chi connectivity index (χ0n) is 12.7. The largest absolute Gasteiger partial charge is 0.356 e. The van der Waals surface area contributed by atoms with Crippen molar-refractivity contribution in [1.29, 1.82) is 0 Å². The predicted octanol–water partition coefficient (Wildman–Crippen LogP) is 5.77. The standard InChI is InChI=1S/C17H18BrClN2S/c1-10-4-5-11(2)14(8-10)12(3)20-17(22)21-13-6-7-15(18)16(19)9-13/h4-9,12H,1-3H3,(H2,20,21,22)/t12-/m1/s1. The van der Waals surface area contributed by atoms with Crippen LogP contribution >= 0.6 is 39.7 Å². The highest BCUT2D eigenvalue weighted by Gasteiger charge is 2.10. The van der Waals surface area contributed by atoms with E-state index >= 15 is 0 Å². The van der Waals surface area contributed by atoms with Gasteiger partial charge in [0.25, 0.3) is 0 Å². The minimum absolute atomic E-state index is 0.130. The first kappa shape index (κ1) is 17.3. The summed E-state index contributed by atoms with van der Waals surface area (Å²) in [5, 5.41) is 7.70. The van der Waals surface area contributed by atoms with E-state index in [9.17, 15) is 0 Å². The van der Waals surface area contributed by atoms with Crippen molar-refractivity contribution in [1.82, 2.24) is 5.32 Å². The molecular weight excluding hydrogens is 380 g/mol. The minimum Gasteiger partial charge on any atom is -0.356 e. The molecule has 22 heavy (non-hydrogen) atoms. The molecule has 2 rings (SSSR count). The van der Waals surface area contributed by atoms with Crippen LogP contribution in [0.3, 0.4) is 0 Å². The van der Waals surface area contributed by atoms with Crippen LogP contribution in [0.15, 0.2) is 40.9 Å². The third kappa shape index (κ3) is 4.45. The molecule has 0 radical (unpaired) electrons. The van der Waals surface area contributed by atoms with Crippen LogP contribution in [0.25, 0.3) is 0 Å². The molecule has 0 spiro atoms. The Hall–Kier alpha value is -1.10. The molecule has 2 aromatic rings. The fourth-order valence-corrected chi connectivity index (χ4v) is 2.96. The maximum absolute atomic E-state index is 6.09. The number of thiocarbonyl (C=S) groups is 1. The summed E-state index contributed by atoms with van der Waals surface area (Å²) in [7, 11) is 0. The summed E-state index contributed by atoms with van der Waals surface area (Å²) in [5.74, 6) is 0. The van der Waals surface area contributed by atoms with E-state index in [1.54, 1.807) is 0 Å². The predicted molar refractivity (Wildman–Crippen MR) is 103 cm³/mol. The summed E-state index contributed by atoms with van der Waals surface area (Å²) in [6, 6.07) is 12.2. The highest BCUT2D eigenvalue weighted by Crippen LogP contribution is 2.25. The monoisotopic (exact) mass is 396 g/mol. The second kappa shape index (κ2) is 7.44. The normalized spacial score (nSPS) is 11.9. The van der Waals surface area contributed by atoms with Crippen molar-refractivity contribution >= 4 is 50.5 Å². The smallest absolute Gasteiger partial charge is 0.171 e. The van der Waals surface area contributed by atoms with Crippen LogP contribution < -0.4 is 10.6 Å².